The highest BCUT2D eigenvalue weighted by Crippen LogP contribution is 2.21. The third-order valence-corrected chi connectivity index (χ3v) is 2.77. The maximum atomic E-state index is 11.4. The van der Waals surface area contributed by atoms with Crippen LogP contribution < -0.4 is 0 Å². The van der Waals surface area contributed by atoms with Gasteiger partial charge in [-0.15, -0.1) is 0 Å². The van der Waals surface area contributed by atoms with Crippen molar-refractivity contribution in [3.05, 3.63) is 60.0 Å². The molecule has 3 heteroatoms. The Morgan fingerprint density at radius 3 is 2.35 bits per heavy atom. The van der Waals surface area contributed by atoms with Gasteiger partial charge < -0.3 is 0 Å². The minimum Gasteiger partial charge on any atom is -0.293 e. The van der Waals surface area contributed by atoms with Crippen molar-refractivity contribution in [2.45, 2.75) is 27.7 Å². The van der Waals surface area contributed by atoms with Crippen molar-refractivity contribution in [2.24, 2.45) is 4.99 Å². The maximum absolute atomic E-state index is 11.4. The summed E-state index contributed by atoms with van der Waals surface area (Å²) in [7, 11) is 0. The highest BCUT2D eigenvalue weighted by Gasteiger charge is 2.06. The number of aromatic nitrogens is 1. The second-order valence-electron chi connectivity index (χ2n) is 4.41. The molecule has 0 N–H and O–H groups in total. The molecule has 0 amide bonds. The molecular formula is C17H20N2O. The monoisotopic (exact) mass is 268 g/mol. The number of rotatable bonds is 5. The molecule has 0 atom stereocenters. The number of ketones is 1. The molecule has 1 heterocycles. The van der Waals surface area contributed by atoms with E-state index in [2.05, 4.69) is 9.98 Å². The molecule has 0 spiro atoms. The first kappa shape index (κ1) is 15.8. The average molecular weight is 268 g/mol. The lowest BCUT2D eigenvalue weighted by Crippen LogP contribution is -2.05. The minimum absolute atomic E-state index is 0.0261. The summed E-state index contributed by atoms with van der Waals surface area (Å²) >= 11 is 0. The Kier molecular flexibility index (Phi) is 6.30. The Labute approximate surface area is 120 Å². The number of carbonyl (C=O) groups excluding carboxylic acids is 1. The molecule has 1 aromatic heterocycles. The molecule has 0 unspecified atom stereocenters. The fourth-order valence-corrected chi connectivity index (χ4v) is 1.53. The molecule has 0 radical (unpaired) electrons. The van der Waals surface area contributed by atoms with Crippen LogP contribution in [-0.4, -0.2) is 16.5 Å². The molecule has 0 aliphatic carbocycles. The van der Waals surface area contributed by atoms with E-state index in [9.17, 15) is 4.79 Å². The molecule has 0 aliphatic heterocycles. The van der Waals surface area contributed by atoms with Gasteiger partial charge in [0.2, 0.25) is 0 Å². The number of hydrogen-bond acceptors (Lipinski definition) is 3. The molecule has 0 fully saturated rings. The summed E-state index contributed by atoms with van der Waals surface area (Å²) in [5, 5.41) is 0. The van der Waals surface area contributed by atoms with Crippen LogP contribution in [0.25, 0.3) is 5.70 Å². The molecule has 0 aromatic carbocycles. The molecular weight excluding hydrogens is 248 g/mol. The lowest BCUT2D eigenvalue weighted by atomic mass is 10.1. The van der Waals surface area contributed by atoms with Crippen LogP contribution >= 0.6 is 0 Å². The number of Topliss-reactive ketones (excluding diaryl/α,β-unsaturated/α-hetero) is 1. The van der Waals surface area contributed by atoms with Crippen molar-refractivity contribution in [1.29, 1.82) is 0 Å². The third-order valence-electron chi connectivity index (χ3n) is 2.77. The van der Waals surface area contributed by atoms with E-state index in [4.69, 9.17) is 0 Å². The average Bonchev–Trinajstić information content (AvgIpc) is 2.45. The van der Waals surface area contributed by atoms with Gasteiger partial charge in [0.1, 0.15) is 0 Å². The van der Waals surface area contributed by atoms with Gasteiger partial charge in [-0.3, -0.25) is 9.78 Å². The lowest BCUT2D eigenvalue weighted by Gasteiger charge is -2.06. The topological polar surface area (TPSA) is 42.3 Å². The molecule has 104 valence electrons. The first-order valence-electron chi connectivity index (χ1n) is 6.53. The second kappa shape index (κ2) is 8.00. The molecule has 0 bridgehead atoms. The number of aliphatic imine (C=N–C) groups is 1. The van der Waals surface area contributed by atoms with E-state index in [1.165, 1.54) is 6.92 Å². The smallest absolute Gasteiger partial charge is 0.173 e. The fourth-order valence-electron chi connectivity index (χ4n) is 1.53. The predicted molar refractivity (Wildman–Crippen MR) is 84.6 cm³/mol. The van der Waals surface area contributed by atoms with E-state index in [0.717, 1.165) is 16.8 Å². The summed E-state index contributed by atoms with van der Waals surface area (Å²) in [5.74, 6) is -0.0261. The summed E-state index contributed by atoms with van der Waals surface area (Å²) in [6.07, 6.45) is 11.3. The highest BCUT2D eigenvalue weighted by atomic mass is 16.1. The van der Waals surface area contributed by atoms with Gasteiger partial charge in [0.25, 0.3) is 0 Å². The number of hydrogen-bond donors (Lipinski definition) is 0. The van der Waals surface area contributed by atoms with Gasteiger partial charge in [-0.1, -0.05) is 24.3 Å². The minimum atomic E-state index is -0.0261. The van der Waals surface area contributed by atoms with Crippen LogP contribution in [-0.2, 0) is 4.79 Å². The van der Waals surface area contributed by atoms with Crippen LogP contribution in [0.2, 0.25) is 0 Å². The summed E-state index contributed by atoms with van der Waals surface area (Å²) in [5.41, 5.74) is 3.23. The van der Waals surface area contributed by atoms with Gasteiger partial charge >= 0.3 is 0 Å². The maximum Gasteiger partial charge on any atom is 0.173 e. The molecule has 0 saturated carbocycles. The highest BCUT2D eigenvalue weighted by molar-refractivity contribution is 6.38. The zero-order valence-corrected chi connectivity index (χ0v) is 12.4. The fraction of sp³-hybridized carbons (Fsp3) is 0.235. The van der Waals surface area contributed by atoms with E-state index < -0.39 is 0 Å². The van der Waals surface area contributed by atoms with Crippen molar-refractivity contribution < 1.29 is 4.79 Å². The number of pyridine rings is 1. The van der Waals surface area contributed by atoms with Gasteiger partial charge in [0.05, 0.1) is 11.4 Å². The first-order chi connectivity index (χ1) is 9.56. The summed E-state index contributed by atoms with van der Waals surface area (Å²) in [6.45, 7) is 7.19. The Balaban J connectivity index is 3.31. The molecule has 1 rings (SSSR count). The lowest BCUT2D eigenvalue weighted by molar-refractivity contribution is -0.111. The molecule has 3 nitrogen and oxygen atoms in total. The summed E-state index contributed by atoms with van der Waals surface area (Å²) < 4.78 is 0. The van der Waals surface area contributed by atoms with E-state index in [1.807, 2.05) is 50.3 Å². The van der Waals surface area contributed by atoms with E-state index >= 15 is 0 Å². The van der Waals surface area contributed by atoms with Crippen LogP contribution in [0, 0.1) is 0 Å². The largest absolute Gasteiger partial charge is 0.293 e. The van der Waals surface area contributed by atoms with Crippen LogP contribution in [0.3, 0.4) is 0 Å². The zero-order valence-electron chi connectivity index (χ0n) is 12.4. The van der Waals surface area contributed by atoms with Crippen molar-refractivity contribution >= 4 is 17.2 Å². The molecule has 0 aliphatic rings. The van der Waals surface area contributed by atoms with Gasteiger partial charge in [0.15, 0.2) is 5.78 Å². The predicted octanol–water partition coefficient (Wildman–Crippen LogP) is 3.99. The van der Waals surface area contributed by atoms with Crippen LogP contribution in [0.5, 0.6) is 0 Å². The Bertz CT molecular complexity index is 578. The van der Waals surface area contributed by atoms with Crippen LogP contribution in [0.4, 0.5) is 0 Å². The zero-order chi connectivity index (χ0) is 15.0. The molecule has 20 heavy (non-hydrogen) atoms. The van der Waals surface area contributed by atoms with Crippen molar-refractivity contribution in [2.75, 3.05) is 0 Å². The van der Waals surface area contributed by atoms with Gasteiger partial charge in [0, 0.05) is 24.9 Å². The van der Waals surface area contributed by atoms with E-state index in [-0.39, 0.29) is 5.78 Å². The van der Waals surface area contributed by atoms with Gasteiger partial charge in [-0.25, -0.2) is 4.99 Å². The van der Waals surface area contributed by atoms with Crippen molar-refractivity contribution in [3.8, 4) is 0 Å². The number of carbonyl (C=O) groups is 1. The summed E-state index contributed by atoms with van der Waals surface area (Å²) in [4.78, 5) is 19.9. The van der Waals surface area contributed by atoms with Gasteiger partial charge in [-0.2, -0.15) is 0 Å². The van der Waals surface area contributed by atoms with Crippen molar-refractivity contribution in [3.63, 3.8) is 0 Å². The van der Waals surface area contributed by atoms with E-state index in [1.54, 1.807) is 19.3 Å². The first-order valence-corrected chi connectivity index (χ1v) is 6.53. The number of allylic oxidation sites excluding steroid dienone is 5. The molecule has 0 saturated heterocycles. The Hall–Kier alpha value is -2.29. The normalized spacial score (nSPS) is 13.9. The standard InChI is InChI=1S/C17H20N2O/c1-5-6-7-8-13(2)17(19-14(3)15(4)20)16-9-11-18-12-10-16/h5-12H,1-4H3/b6-5-,8-7-,17-13+,19-14?. The SMILES string of the molecule is C\C=C/C=C\C(C)=C(\N=C(C)C(C)=O)c1ccncc1. The van der Waals surface area contributed by atoms with Crippen LogP contribution in [0.15, 0.2) is 59.4 Å². The van der Waals surface area contributed by atoms with Gasteiger partial charge in [-0.05, 0) is 38.5 Å². The van der Waals surface area contributed by atoms with E-state index in [0.29, 0.717) is 5.71 Å². The Morgan fingerprint density at radius 2 is 1.80 bits per heavy atom. The quantitative estimate of drug-likeness (QED) is 0.598. The second-order valence-corrected chi connectivity index (χ2v) is 4.41. The van der Waals surface area contributed by atoms with Crippen molar-refractivity contribution in [1.82, 2.24) is 4.98 Å². The number of nitrogens with zero attached hydrogens (tertiary/aromatic N) is 2. The van der Waals surface area contributed by atoms with Crippen LogP contribution in [0.1, 0.15) is 33.3 Å². The summed E-state index contributed by atoms with van der Waals surface area (Å²) in [6, 6.07) is 3.78. The third kappa shape index (κ3) is 4.76. The molecule has 1 aromatic rings. The Morgan fingerprint density at radius 1 is 1.15 bits per heavy atom.